The van der Waals surface area contributed by atoms with Crippen LogP contribution in [0.4, 0.5) is 0 Å². The lowest BCUT2D eigenvalue weighted by atomic mass is 9.71. The van der Waals surface area contributed by atoms with E-state index in [-0.39, 0.29) is 23.8 Å². The number of carboxylic acid groups (broad SMARTS) is 1. The zero-order chi connectivity index (χ0) is 33.0. The lowest BCUT2D eigenvalue weighted by Gasteiger charge is -2.44. The molecule has 3 heterocycles. The van der Waals surface area contributed by atoms with Crippen LogP contribution >= 0.6 is 23.2 Å². The number of amides is 2. The van der Waals surface area contributed by atoms with Gasteiger partial charge in [0, 0.05) is 30.6 Å². The number of halogens is 2. The Morgan fingerprint density at radius 1 is 0.851 bits per heavy atom. The standard InChI is InChI=1S/C36H40Cl2N4O5/c37-29-12-11-28(23-30(29)38)35(14-20-41(25-35)32(43)26-7-3-1-4-8-26)13-17-40-18-15-36(16-19-40,27-9-5-2-6-10-27)34(46)39-42-21-22-47-24-31(42)33(44)45/h1-12,23,31H,13-22,24-25H2,(H,39,46)(H,44,45). The van der Waals surface area contributed by atoms with E-state index in [9.17, 15) is 19.5 Å². The number of hydrogen-bond acceptors (Lipinski definition) is 6. The van der Waals surface area contributed by atoms with Crippen molar-refractivity contribution < 1.29 is 24.2 Å². The van der Waals surface area contributed by atoms with Gasteiger partial charge in [0.25, 0.3) is 5.91 Å². The zero-order valence-electron chi connectivity index (χ0n) is 26.2. The molecule has 9 nitrogen and oxygen atoms in total. The second-order valence-electron chi connectivity index (χ2n) is 12.9. The Morgan fingerprint density at radius 2 is 1.55 bits per heavy atom. The zero-order valence-corrected chi connectivity index (χ0v) is 27.8. The molecular formula is C36H40Cl2N4O5. The maximum Gasteiger partial charge on any atom is 0.325 e. The summed E-state index contributed by atoms with van der Waals surface area (Å²) in [5.74, 6) is -1.19. The van der Waals surface area contributed by atoms with Crippen molar-refractivity contribution in [2.24, 2.45) is 0 Å². The van der Waals surface area contributed by atoms with Gasteiger partial charge in [-0.15, -0.1) is 0 Å². The number of hydrazine groups is 1. The largest absolute Gasteiger partial charge is 0.480 e. The first-order valence-electron chi connectivity index (χ1n) is 16.2. The van der Waals surface area contributed by atoms with E-state index in [1.54, 1.807) is 0 Å². The van der Waals surface area contributed by atoms with Crippen LogP contribution < -0.4 is 5.43 Å². The topological polar surface area (TPSA) is 102 Å². The highest BCUT2D eigenvalue weighted by atomic mass is 35.5. The third kappa shape index (κ3) is 7.05. The van der Waals surface area contributed by atoms with Gasteiger partial charge in [-0.1, -0.05) is 77.8 Å². The van der Waals surface area contributed by atoms with Gasteiger partial charge in [-0.2, -0.15) is 0 Å². The molecule has 0 aromatic heterocycles. The Morgan fingerprint density at radius 3 is 2.23 bits per heavy atom. The number of hydrogen-bond donors (Lipinski definition) is 2. The number of morpholine rings is 1. The van der Waals surface area contributed by atoms with Gasteiger partial charge in [-0.05, 0) is 80.7 Å². The predicted octanol–water partition coefficient (Wildman–Crippen LogP) is 5.02. The van der Waals surface area contributed by atoms with Crippen LogP contribution in [0.5, 0.6) is 0 Å². The third-order valence-electron chi connectivity index (χ3n) is 10.2. The normalized spacial score (nSPS) is 23.4. The highest BCUT2D eigenvalue weighted by Crippen LogP contribution is 2.42. The maximum atomic E-state index is 14.1. The van der Waals surface area contributed by atoms with Crippen LogP contribution in [0, 0.1) is 0 Å². The number of nitrogens with one attached hydrogen (secondary N) is 1. The van der Waals surface area contributed by atoms with Crippen molar-refractivity contribution in [1.29, 1.82) is 0 Å². The first kappa shape index (κ1) is 33.4. The lowest BCUT2D eigenvalue weighted by Crippen LogP contribution is -2.62. The van der Waals surface area contributed by atoms with Crippen LogP contribution in [0.3, 0.4) is 0 Å². The van der Waals surface area contributed by atoms with Gasteiger partial charge in [0.15, 0.2) is 0 Å². The molecule has 3 aliphatic heterocycles. The van der Waals surface area contributed by atoms with Crippen LogP contribution in [-0.2, 0) is 25.2 Å². The van der Waals surface area contributed by atoms with Crippen molar-refractivity contribution in [1.82, 2.24) is 20.2 Å². The summed E-state index contributed by atoms with van der Waals surface area (Å²) in [6.45, 7) is 4.07. The molecule has 0 bridgehead atoms. The Labute approximate surface area is 285 Å². The molecule has 2 atom stereocenters. The first-order valence-corrected chi connectivity index (χ1v) is 16.9. The molecule has 47 heavy (non-hydrogen) atoms. The number of piperidine rings is 1. The van der Waals surface area contributed by atoms with E-state index in [0.29, 0.717) is 67.8 Å². The molecule has 3 aliphatic rings. The molecule has 2 amide bonds. The quantitative estimate of drug-likeness (QED) is 0.328. The Bertz CT molecular complexity index is 1580. The van der Waals surface area contributed by atoms with Crippen LogP contribution in [0.2, 0.25) is 10.0 Å². The fraction of sp³-hybridized carbons (Fsp3) is 0.417. The summed E-state index contributed by atoms with van der Waals surface area (Å²) in [6.07, 6.45) is 2.78. The van der Waals surface area contributed by atoms with Crippen molar-refractivity contribution in [3.8, 4) is 0 Å². The van der Waals surface area contributed by atoms with Crippen molar-refractivity contribution in [2.75, 3.05) is 52.5 Å². The number of likely N-dealkylation sites (tertiary alicyclic amines) is 2. The van der Waals surface area contributed by atoms with E-state index in [2.05, 4.69) is 10.3 Å². The summed E-state index contributed by atoms with van der Waals surface area (Å²) in [6, 6.07) is 24.0. The minimum Gasteiger partial charge on any atom is -0.480 e. The summed E-state index contributed by atoms with van der Waals surface area (Å²) >= 11 is 12.8. The van der Waals surface area contributed by atoms with Gasteiger partial charge >= 0.3 is 5.97 Å². The average Bonchev–Trinajstić information content (AvgIpc) is 3.55. The highest BCUT2D eigenvalue weighted by molar-refractivity contribution is 6.42. The highest BCUT2D eigenvalue weighted by Gasteiger charge is 2.46. The molecule has 0 aliphatic carbocycles. The second kappa shape index (κ2) is 14.3. The number of benzene rings is 3. The molecule has 6 rings (SSSR count). The van der Waals surface area contributed by atoms with E-state index in [1.165, 1.54) is 5.01 Å². The number of nitrogens with zero attached hydrogens (tertiary/aromatic N) is 3. The van der Waals surface area contributed by atoms with Crippen LogP contribution in [0.25, 0.3) is 0 Å². The van der Waals surface area contributed by atoms with Gasteiger partial charge in [0.05, 0.1) is 28.7 Å². The fourth-order valence-electron chi connectivity index (χ4n) is 7.33. The van der Waals surface area contributed by atoms with Gasteiger partial charge in [0.1, 0.15) is 6.04 Å². The lowest BCUT2D eigenvalue weighted by molar-refractivity contribution is -0.156. The molecule has 3 aromatic rings. The number of carboxylic acids is 1. The van der Waals surface area contributed by atoms with Crippen LogP contribution in [0.15, 0.2) is 78.9 Å². The predicted molar refractivity (Wildman–Crippen MR) is 181 cm³/mol. The van der Waals surface area contributed by atoms with E-state index in [0.717, 1.165) is 30.5 Å². The van der Waals surface area contributed by atoms with Crippen LogP contribution in [0.1, 0.15) is 47.2 Å². The van der Waals surface area contributed by atoms with Gasteiger partial charge < -0.3 is 19.6 Å². The molecule has 2 N–H and O–H groups in total. The molecule has 248 valence electrons. The molecular weight excluding hydrogens is 639 g/mol. The Balaban J connectivity index is 1.18. The molecule has 11 heteroatoms. The van der Waals surface area contributed by atoms with Crippen LogP contribution in [-0.4, -0.2) is 96.2 Å². The molecule has 0 saturated carbocycles. The smallest absolute Gasteiger partial charge is 0.325 e. The third-order valence-corrected chi connectivity index (χ3v) is 11.0. The van der Waals surface area contributed by atoms with E-state index >= 15 is 0 Å². The van der Waals surface area contributed by atoms with E-state index in [4.69, 9.17) is 27.9 Å². The summed E-state index contributed by atoms with van der Waals surface area (Å²) in [4.78, 5) is 43.7. The minimum absolute atomic E-state index is 0.0228. The number of carbonyl (C=O) groups is 3. The fourth-order valence-corrected chi connectivity index (χ4v) is 7.63. The van der Waals surface area contributed by atoms with Gasteiger partial charge in [0.2, 0.25) is 5.91 Å². The van der Waals surface area contributed by atoms with Crippen molar-refractivity contribution in [2.45, 2.75) is 42.6 Å². The number of aliphatic carboxylic acids is 1. The summed E-state index contributed by atoms with van der Waals surface area (Å²) in [5.41, 5.74) is 4.55. The molecule has 3 saturated heterocycles. The van der Waals surface area contributed by atoms with Gasteiger partial charge in [-0.25, -0.2) is 5.01 Å². The monoisotopic (exact) mass is 678 g/mol. The number of ether oxygens (including phenoxy) is 1. The minimum atomic E-state index is -1.03. The number of rotatable bonds is 9. The molecule has 0 radical (unpaired) electrons. The van der Waals surface area contributed by atoms with Crippen molar-refractivity contribution >= 4 is 41.0 Å². The number of carbonyl (C=O) groups excluding carboxylic acids is 2. The first-order chi connectivity index (χ1) is 22.7. The van der Waals surface area contributed by atoms with E-state index in [1.807, 2.05) is 83.8 Å². The molecule has 3 aromatic carbocycles. The summed E-state index contributed by atoms with van der Waals surface area (Å²) in [5, 5.41) is 12.2. The Kier molecular flexibility index (Phi) is 10.2. The summed E-state index contributed by atoms with van der Waals surface area (Å²) < 4.78 is 5.37. The maximum absolute atomic E-state index is 14.1. The van der Waals surface area contributed by atoms with Crippen molar-refractivity contribution in [3.05, 3.63) is 106 Å². The second-order valence-corrected chi connectivity index (χ2v) is 13.7. The SMILES string of the molecule is O=C(O)C1COCCN1NC(=O)C1(c2ccccc2)CCN(CCC2(c3ccc(Cl)c(Cl)c3)CCN(C(=O)c3ccccc3)C2)CC1. The average molecular weight is 680 g/mol. The Hall–Kier alpha value is -3.47. The molecule has 0 spiro atoms. The van der Waals surface area contributed by atoms with E-state index < -0.39 is 17.4 Å². The molecule has 3 fully saturated rings. The summed E-state index contributed by atoms with van der Waals surface area (Å²) in [7, 11) is 0. The van der Waals surface area contributed by atoms with Gasteiger partial charge in [-0.3, -0.25) is 19.8 Å². The molecule has 2 unspecified atom stereocenters. The van der Waals surface area contributed by atoms with Crippen molar-refractivity contribution in [3.63, 3.8) is 0 Å².